The number of pyridine rings is 1. The summed E-state index contributed by atoms with van der Waals surface area (Å²) < 4.78 is 5.26. The van der Waals surface area contributed by atoms with Crippen molar-refractivity contribution < 1.29 is 14.4 Å². The summed E-state index contributed by atoms with van der Waals surface area (Å²) in [5, 5.41) is 1.66. The van der Waals surface area contributed by atoms with Gasteiger partial charge in [0.15, 0.2) is 0 Å². The van der Waals surface area contributed by atoms with Gasteiger partial charge in [0.2, 0.25) is 0 Å². The number of hydrogen-bond acceptors (Lipinski definition) is 5. The predicted molar refractivity (Wildman–Crippen MR) is 56.6 cm³/mol. The highest BCUT2D eigenvalue weighted by Crippen LogP contribution is 2.09. The predicted octanol–water partition coefficient (Wildman–Crippen LogP) is 0.874. The average molecular weight is 222 g/mol. The van der Waals surface area contributed by atoms with Gasteiger partial charge in [-0.25, -0.2) is 4.79 Å². The minimum Gasteiger partial charge on any atom is -0.378 e. The molecule has 0 radical (unpaired) electrons. The number of hydrogen-bond donors (Lipinski definition) is 0. The Labute approximate surface area is 93.9 Å². The van der Waals surface area contributed by atoms with Crippen LogP contribution in [0, 0.1) is 0 Å². The summed E-state index contributed by atoms with van der Waals surface area (Å²) in [5.41, 5.74) is 0.508. The molecule has 1 atom stereocenters. The van der Waals surface area contributed by atoms with Gasteiger partial charge in [0.25, 0.3) is 0 Å². The Morgan fingerprint density at radius 2 is 2.31 bits per heavy atom. The maximum atomic E-state index is 11.7. The van der Waals surface area contributed by atoms with E-state index in [1.165, 1.54) is 0 Å². The molecule has 0 saturated carbocycles. The van der Waals surface area contributed by atoms with Crippen molar-refractivity contribution in [3.05, 3.63) is 30.1 Å². The van der Waals surface area contributed by atoms with Crippen LogP contribution in [-0.4, -0.2) is 41.8 Å². The van der Waals surface area contributed by atoms with Gasteiger partial charge in [0, 0.05) is 12.4 Å². The third-order valence-corrected chi connectivity index (χ3v) is 2.42. The molecule has 16 heavy (non-hydrogen) atoms. The molecule has 1 aromatic rings. The number of carbonyl (C=O) groups excluding carboxylic acids is 1. The standard InChI is InChI=1S/C11H14N2O3/c1-9-8-15-7-6-13(9)16-11(14)10-2-4-12-5-3-10/h2-5,9H,6-8H2,1H3. The highest BCUT2D eigenvalue weighted by Gasteiger charge is 2.23. The Kier molecular flexibility index (Phi) is 3.48. The van der Waals surface area contributed by atoms with E-state index in [0.717, 1.165) is 0 Å². The number of hydroxylamine groups is 2. The SMILES string of the molecule is CC1COCCN1OC(=O)c1ccncc1. The summed E-state index contributed by atoms with van der Waals surface area (Å²) in [6.07, 6.45) is 3.14. The lowest BCUT2D eigenvalue weighted by Gasteiger charge is -2.31. The first-order chi connectivity index (χ1) is 7.77. The molecule has 2 rings (SSSR count). The van der Waals surface area contributed by atoms with Crippen LogP contribution in [0.3, 0.4) is 0 Å². The molecular weight excluding hydrogens is 208 g/mol. The molecular formula is C11H14N2O3. The molecule has 0 N–H and O–H groups in total. The van der Waals surface area contributed by atoms with Crippen LogP contribution in [0.5, 0.6) is 0 Å². The van der Waals surface area contributed by atoms with Crippen LogP contribution in [0.4, 0.5) is 0 Å². The quantitative estimate of drug-likeness (QED) is 0.743. The average Bonchev–Trinajstić information content (AvgIpc) is 2.33. The Balaban J connectivity index is 1.96. The van der Waals surface area contributed by atoms with Crippen molar-refractivity contribution in [2.24, 2.45) is 0 Å². The molecule has 5 nitrogen and oxygen atoms in total. The van der Waals surface area contributed by atoms with Crippen molar-refractivity contribution in [1.29, 1.82) is 0 Å². The normalized spacial score (nSPS) is 21.7. The molecule has 1 saturated heterocycles. The first-order valence-corrected chi connectivity index (χ1v) is 5.24. The summed E-state index contributed by atoms with van der Waals surface area (Å²) in [4.78, 5) is 20.9. The molecule has 1 aromatic heterocycles. The number of carbonyl (C=O) groups is 1. The van der Waals surface area contributed by atoms with Crippen molar-refractivity contribution in [2.75, 3.05) is 19.8 Å². The van der Waals surface area contributed by atoms with Crippen LogP contribution in [-0.2, 0) is 9.57 Å². The minimum atomic E-state index is -0.351. The Hall–Kier alpha value is -1.46. The van der Waals surface area contributed by atoms with Gasteiger partial charge in [0.1, 0.15) is 0 Å². The van der Waals surface area contributed by atoms with Gasteiger partial charge in [0.05, 0.1) is 31.4 Å². The van der Waals surface area contributed by atoms with Gasteiger partial charge in [-0.2, -0.15) is 0 Å². The zero-order valence-electron chi connectivity index (χ0n) is 9.13. The van der Waals surface area contributed by atoms with Gasteiger partial charge in [-0.15, -0.1) is 5.06 Å². The van der Waals surface area contributed by atoms with Gasteiger partial charge in [-0.1, -0.05) is 0 Å². The lowest BCUT2D eigenvalue weighted by atomic mass is 10.3. The second-order valence-corrected chi connectivity index (χ2v) is 3.68. The van der Waals surface area contributed by atoms with Gasteiger partial charge >= 0.3 is 5.97 Å². The monoisotopic (exact) mass is 222 g/mol. The molecule has 1 fully saturated rings. The lowest BCUT2D eigenvalue weighted by molar-refractivity contribution is -0.179. The Bertz CT molecular complexity index is 356. The summed E-state index contributed by atoms with van der Waals surface area (Å²) in [7, 11) is 0. The van der Waals surface area contributed by atoms with Crippen molar-refractivity contribution in [3.63, 3.8) is 0 Å². The summed E-state index contributed by atoms with van der Waals surface area (Å²) in [6, 6.07) is 3.36. The van der Waals surface area contributed by atoms with Crippen molar-refractivity contribution in [2.45, 2.75) is 13.0 Å². The highest BCUT2D eigenvalue weighted by atomic mass is 16.7. The fraction of sp³-hybridized carbons (Fsp3) is 0.455. The molecule has 0 spiro atoms. The minimum absolute atomic E-state index is 0.0968. The third-order valence-electron chi connectivity index (χ3n) is 2.42. The summed E-state index contributed by atoms with van der Waals surface area (Å²) >= 11 is 0. The van der Waals surface area contributed by atoms with E-state index in [4.69, 9.17) is 9.57 Å². The van der Waals surface area contributed by atoms with E-state index in [-0.39, 0.29) is 12.0 Å². The van der Waals surface area contributed by atoms with Crippen LogP contribution in [0.1, 0.15) is 17.3 Å². The fourth-order valence-electron chi connectivity index (χ4n) is 1.49. The van der Waals surface area contributed by atoms with Crippen molar-refractivity contribution in [3.8, 4) is 0 Å². The zero-order valence-corrected chi connectivity index (χ0v) is 9.13. The number of nitrogens with zero attached hydrogens (tertiary/aromatic N) is 2. The molecule has 1 aliphatic heterocycles. The van der Waals surface area contributed by atoms with Gasteiger partial charge in [-0.05, 0) is 19.1 Å². The Morgan fingerprint density at radius 1 is 1.56 bits per heavy atom. The van der Waals surface area contributed by atoms with Crippen molar-refractivity contribution >= 4 is 5.97 Å². The molecule has 0 aliphatic carbocycles. The molecule has 2 heterocycles. The number of aromatic nitrogens is 1. The van der Waals surface area contributed by atoms with E-state index in [9.17, 15) is 4.79 Å². The Morgan fingerprint density at radius 3 is 3.00 bits per heavy atom. The van der Waals surface area contributed by atoms with Crippen LogP contribution in [0.25, 0.3) is 0 Å². The number of rotatable bonds is 2. The van der Waals surface area contributed by atoms with Gasteiger partial charge < -0.3 is 9.57 Å². The van der Waals surface area contributed by atoms with Crippen molar-refractivity contribution in [1.82, 2.24) is 10.0 Å². The van der Waals surface area contributed by atoms with E-state index < -0.39 is 0 Å². The van der Waals surface area contributed by atoms with E-state index in [0.29, 0.717) is 25.3 Å². The van der Waals surface area contributed by atoms with E-state index >= 15 is 0 Å². The number of morpholine rings is 1. The largest absolute Gasteiger partial charge is 0.378 e. The zero-order chi connectivity index (χ0) is 11.4. The molecule has 0 bridgehead atoms. The summed E-state index contributed by atoms with van der Waals surface area (Å²) in [6.45, 7) is 3.74. The highest BCUT2D eigenvalue weighted by molar-refractivity contribution is 5.88. The third kappa shape index (κ3) is 2.56. The smallest absolute Gasteiger partial charge is 0.357 e. The molecule has 0 amide bonds. The lowest BCUT2D eigenvalue weighted by Crippen LogP contribution is -2.44. The molecule has 86 valence electrons. The van der Waals surface area contributed by atoms with E-state index in [1.807, 2.05) is 6.92 Å². The fourth-order valence-corrected chi connectivity index (χ4v) is 1.49. The second kappa shape index (κ2) is 5.05. The van der Waals surface area contributed by atoms with E-state index in [1.54, 1.807) is 29.6 Å². The first kappa shape index (κ1) is 11.0. The maximum absolute atomic E-state index is 11.7. The number of ether oxygens (including phenoxy) is 1. The van der Waals surface area contributed by atoms with Crippen LogP contribution in [0.2, 0.25) is 0 Å². The van der Waals surface area contributed by atoms with Crippen LogP contribution in [0.15, 0.2) is 24.5 Å². The molecule has 0 aromatic carbocycles. The maximum Gasteiger partial charge on any atom is 0.357 e. The topological polar surface area (TPSA) is 51.7 Å². The van der Waals surface area contributed by atoms with Gasteiger partial charge in [-0.3, -0.25) is 4.98 Å². The first-order valence-electron chi connectivity index (χ1n) is 5.24. The second-order valence-electron chi connectivity index (χ2n) is 3.68. The van der Waals surface area contributed by atoms with E-state index in [2.05, 4.69) is 4.98 Å². The summed E-state index contributed by atoms with van der Waals surface area (Å²) in [5.74, 6) is -0.351. The van der Waals surface area contributed by atoms with Crippen LogP contribution < -0.4 is 0 Å². The van der Waals surface area contributed by atoms with Crippen LogP contribution >= 0.6 is 0 Å². The molecule has 5 heteroatoms. The molecule has 1 unspecified atom stereocenters. The molecule has 1 aliphatic rings.